The molecule has 46 heavy (non-hydrogen) atoms. The number of aryl methyl sites for hydroxylation is 1. The number of rotatable bonds is 17. The Morgan fingerprint density at radius 3 is 2.50 bits per heavy atom. The second kappa shape index (κ2) is 18.0. The van der Waals surface area contributed by atoms with Crippen LogP contribution < -0.4 is 14.8 Å². The lowest BCUT2D eigenvalue weighted by atomic mass is 10.1. The highest BCUT2D eigenvalue weighted by molar-refractivity contribution is 8.03. The van der Waals surface area contributed by atoms with E-state index in [9.17, 15) is 4.79 Å². The fourth-order valence-corrected chi connectivity index (χ4v) is 9.45. The van der Waals surface area contributed by atoms with Gasteiger partial charge in [-0.05, 0) is 77.8 Å². The number of hydrogen-bond acceptors (Lipinski definition) is 8. The molecule has 1 aliphatic rings. The lowest BCUT2D eigenvalue weighted by Crippen LogP contribution is -2.34. The van der Waals surface area contributed by atoms with Crippen LogP contribution in [0.2, 0.25) is 0 Å². The molecule has 1 unspecified atom stereocenters. The van der Waals surface area contributed by atoms with Crippen LogP contribution in [0, 0.1) is 11.3 Å². The normalized spacial score (nSPS) is 14.9. The van der Waals surface area contributed by atoms with Crippen LogP contribution in [0.3, 0.4) is 0 Å². The van der Waals surface area contributed by atoms with Gasteiger partial charge in [0.25, 0.3) is 13.5 Å². The number of thioether (sulfide) groups is 1. The van der Waals surface area contributed by atoms with Gasteiger partial charge in [-0.2, -0.15) is 9.83 Å². The van der Waals surface area contributed by atoms with Crippen LogP contribution in [-0.4, -0.2) is 49.0 Å². The van der Waals surface area contributed by atoms with Crippen molar-refractivity contribution in [2.75, 3.05) is 31.2 Å². The highest BCUT2D eigenvalue weighted by atomic mass is 32.2. The van der Waals surface area contributed by atoms with Gasteiger partial charge in [-0.1, -0.05) is 47.4 Å². The Kier molecular flexibility index (Phi) is 14.1. The minimum atomic E-state index is -1.33. The maximum Gasteiger partial charge on any atom is 0.263 e. The third-order valence-electron chi connectivity index (χ3n) is 7.45. The summed E-state index contributed by atoms with van der Waals surface area (Å²) < 4.78 is 17.9. The number of benzene rings is 2. The van der Waals surface area contributed by atoms with Gasteiger partial charge >= 0.3 is 0 Å². The lowest BCUT2D eigenvalue weighted by Gasteiger charge is -2.35. The number of nitrogens with zero attached hydrogens (tertiary/aromatic N) is 4. The molecule has 1 N–H and O–H groups in total. The van der Waals surface area contributed by atoms with Crippen LogP contribution >= 0.6 is 31.6 Å². The van der Waals surface area contributed by atoms with Gasteiger partial charge in [0.15, 0.2) is 0 Å². The minimum Gasteiger partial charge on any atom is -0.354 e. The van der Waals surface area contributed by atoms with Crippen molar-refractivity contribution in [3.8, 4) is 6.07 Å². The quantitative estimate of drug-likeness (QED) is 0.0874. The first-order valence-corrected chi connectivity index (χ1v) is 18.9. The van der Waals surface area contributed by atoms with Gasteiger partial charge < -0.3 is 19.3 Å². The van der Waals surface area contributed by atoms with E-state index < -0.39 is 8.53 Å². The van der Waals surface area contributed by atoms with Crippen molar-refractivity contribution < 1.29 is 18.4 Å². The fraction of sp³-hybridized carbons (Fsp3) is 0.457. The summed E-state index contributed by atoms with van der Waals surface area (Å²) in [6.07, 6.45) is 5.81. The molecule has 1 amide bonds. The summed E-state index contributed by atoms with van der Waals surface area (Å²) in [5.74, 6) is -0.0124. The lowest BCUT2D eigenvalue weighted by molar-refractivity contribution is -0.665. The number of fused-ring (bicyclic) bond motifs is 2. The molecule has 2 aromatic carbocycles. The zero-order chi connectivity index (χ0) is 33.1. The van der Waals surface area contributed by atoms with Gasteiger partial charge in [-0.25, -0.2) is 4.67 Å². The van der Waals surface area contributed by atoms with Gasteiger partial charge in [-0.3, -0.25) is 4.79 Å². The molecule has 1 aromatic heterocycles. The molecule has 0 aliphatic carbocycles. The van der Waals surface area contributed by atoms with Crippen LogP contribution in [0.5, 0.6) is 0 Å². The molecule has 3 aromatic rings. The van der Waals surface area contributed by atoms with E-state index in [-0.39, 0.29) is 18.0 Å². The largest absolute Gasteiger partial charge is 0.354 e. The van der Waals surface area contributed by atoms with Crippen molar-refractivity contribution in [1.29, 1.82) is 5.26 Å². The Labute approximate surface area is 284 Å². The van der Waals surface area contributed by atoms with Crippen LogP contribution in [0.15, 0.2) is 70.1 Å². The summed E-state index contributed by atoms with van der Waals surface area (Å²) in [4.78, 5) is 16.7. The van der Waals surface area contributed by atoms with Crippen molar-refractivity contribution in [3.63, 3.8) is 0 Å². The minimum absolute atomic E-state index is 0.0124. The van der Waals surface area contributed by atoms with E-state index in [0.717, 1.165) is 18.7 Å². The second-order valence-corrected chi connectivity index (χ2v) is 15.0. The third-order valence-corrected chi connectivity index (χ3v) is 11.8. The fourth-order valence-electron chi connectivity index (χ4n) is 5.45. The van der Waals surface area contributed by atoms with E-state index in [1.807, 2.05) is 0 Å². The molecule has 0 fully saturated rings. The van der Waals surface area contributed by atoms with Crippen molar-refractivity contribution in [2.24, 2.45) is 0 Å². The number of carbonyl (C=O) groups excluding carboxylic acids is 1. The number of amides is 1. The molecule has 8 nitrogen and oxygen atoms in total. The number of anilines is 1. The van der Waals surface area contributed by atoms with Gasteiger partial charge in [-0.15, -0.1) is 0 Å². The van der Waals surface area contributed by atoms with Gasteiger partial charge in [0, 0.05) is 48.6 Å². The molecule has 0 radical (unpaired) electrons. The number of thiazole rings is 1. The molecule has 2 heterocycles. The summed E-state index contributed by atoms with van der Waals surface area (Å²) in [5.41, 5.74) is 3.58. The average Bonchev–Trinajstić information content (AvgIpc) is 3.57. The summed E-state index contributed by atoms with van der Waals surface area (Å²) in [5, 5.41) is 14.4. The smallest absolute Gasteiger partial charge is 0.263 e. The number of para-hydroxylation sites is 2. The van der Waals surface area contributed by atoms with Crippen LogP contribution in [0.4, 0.5) is 5.69 Å². The average molecular weight is 681 g/mol. The monoisotopic (exact) mass is 680 g/mol. The van der Waals surface area contributed by atoms with Crippen molar-refractivity contribution in [2.45, 2.75) is 84.3 Å². The van der Waals surface area contributed by atoms with Crippen molar-refractivity contribution >= 4 is 59.5 Å². The van der Waals surface area contributed by atoms with E-state index >= 15 is 0 Å². The molecular weight excluding hydrogens is 634 g/mol. The number of hydrogen-bond donors (Lipinski definition) is 1. The van der Waals surface area contributed by atoms with E-state index in [1.165, 1.54) is 30.8 Å². The van der Waals surface area contributed by atoms with Gasteiger partial charge in [0.1, 0.15) is 11.2 Å². The molecule has 0 spiro atoms. The Balaban J connectivity index is 1.46. The first-order chi connectivity index (χ1) is 22.3. The van der Waals surface area contributed by atoms with E-state index in [2.05, 4.69) is 128 Å². The van der Waals surface area contributed by atoms with Crippen molar-refractivity contribution in [3.05, 3.63) is 70.2 Å². The van der Waals surface area contributed by atoms with E-state index in [4.69, 9.17) is 14.3 Å². The number of nitriles is 1. The summed E-state index contributed by atoms with van der Waals surface area (Å²) in [6.45, 7) is 15.6. The van der Waals surface area contributed by atoms with Crippen LogP contribution in [0.1, 0.15) is 65.8 Å². The number of carbonyl (C=O) groups is 1. The number of aromatic nitrogens is 1. The standard InChI is InChI=1S/C35H46N5O3PS2/c1-7-38-29-14-9-11-16-31(29)45-34(38)24-28(25-35-39(8-2)30-15-10-12-17-32(30)46-35)18-19-33(41)37-21-23-43-44(42-22-13-20-36)40(26(3)4)27(5)6/h9-12,14-17,24-27H,7-8,13,18-19,21-23H2,1-6H3/p+1. The zero-order valence-corrected chi connectivity index (χ0v) is 30.4. The second-order valence-electron chi connectivity index (χ2n) is 11.4. The number of nitrogens with one attached hydrogen (secondary N) is 1. The first-order valence-electron chi connectivity index (χ1n) is 16.1. The van der Waals surface area contributed by atoms with Crippen LogP contribution in [0.25, 0.3) is 16.3 Å². The highest BCUT2D eigenvalue weighted by Crippen LogP contribution is 2.47. The predicted octanol–water partition coefficient (Wildman–Crippen LogP) is 8.25. The van der Waals surface area contributed by atoms with Gasteiger partial charge in [0.05, 0.1) is 36.4 Å². The van der Waals surface area contributed by atoms with Crippen molar-refractivity contribution in [1.82, 2.24) is 9.99 Å². The first kappa shape index (κ1) is 36.1. The molecule has 4 rings (SSSR count). The molecule has 1 aliphatic heterocycles. The van der Waals surface area contributed by atoms with E-state index in [0.29, 0.717) is 39.0 Å². The molecule has 0 saturated heterocycles. The Bertz CT molecular complexity index is 1560. The Hall–Kier alpha value is -2.77. The molecule has 11 heteroatoms. The molecule has 0 saturated carbocycles. The third kappa shape index (κ3) is 9.41. The summed E-state index contributed by atoms with van der Waals surface area (Å²) in [7, 11) is -1.33. The molecule has 1 atom stereocenters. The topological polar surface area (TPSA) is 81.7 Å². The maximum absolute atomic E-state index is 13.1. The molecule has 0 bridgehead atoms. The summed E-state index contributed by atoms with van der Waals surface area (Å²) >= 11 is 3.57. The van der Waals surface area contributed by atoms with Crippen LogP contribution in [-0.2, 0) is 20.4 Å². The zero-order valence-electron chi connectivity index (χ0n) is 27.9. The predicted molar refractivity (Wildman–Crippen MR) is 192 cm³/mol. The van der Waals surface area contributed by atoms with Gasteiger partial charge in [0.2, 0.25) is 11.4 Å². The SMILES string of the molecule is CCN1C(=CC(=Cc2sc3ccccc3[n+]2CC)CCC(=O)NCCOP(OCCC#N)N(C(C)C)C(C)C)Sc2ccccc21. The Morgan fingerprint density at radius 2 is 1.78 bits per heavy atom. The van der Waals surface area contributed by atoms with E-state index in [1.54, 1.807) is 23.1 Å². The Morgan fingerprint density at radius 1 is 1.07 bits per heavy atom. The molecular formula is C35H47N5O3PS2+. The molecule has 246 valence electrons. The summed E-state index contributed by atoms with van der Waals surface area (Å²) in [6, 6.07) is 19.6. The number of allylic oxidation sites excluding steroid dienone is 2. The highest BCUT2D eigenvalue weighted by Gasteiger charge is 2.27. The maximum atomic E-state index is 13.1.